The Bertz CT molecular complexity index is 938. The number of nitrogens with one attached hydrogen (secondary N) is 2. The predicted octanol–water partition coefficient (Wildman–Crippen LogP) is 3.86. The van der Waals surface area contributed by atoms with Crippen molar-refractivity contribution in [3.63, 3.8) is 0 Å². The summed E-state index contributed by atoms with van der Waals surface area (Å²) >= 11 is 0. The SMILES string of the molecule is O=C(NO)c1ccc(-c2cccc(C(=O)Nc3ccc(F)cc3)c2)cc1. The smallest absolute Gasteiger partial charge is 0.274 e. The van der Waals surface area contributed by atoms with E-state index in [-0.39, 0.29) is 11.7 Å². The number of carbonyl (C=O) groups is 2. The summed E-state index contributed by atoms with van der Waals surface area (Å²) < 4.78 is 12.9. The van der Waals surface area contributed by atoms with E-state index in [2.05, 4.69) is 5.32 Å². The first-order valence-electron chi connectivity index (χ1n) is 7.78. The van der Waals surface area contributed by atoms with Crippen molar-refractivity contribution in [1.82, 2.24) is 5.48 Å². The highest BCUT2D eigenvalue weighted by molar-refractivity contribution is 6.05. The summed E-state index contributed by atoms with van der Waals surface area (Å²) in [6.45, 7) is 0. The molecule has 0 aliphatic carbocycles. The third kappa shape index (κ3) is 3.93. The third-order valence-corrected chi connectivity index (χ3v) is 3.81. The van der Waals surface area contributed by atoms with Crippen molar-refractivity contribution in [2.24, 2.45) is 0 Å². The number of rotatable bonds is 4. The molecule has 3 N–H and O–H groups in total. The second-order valence-electron chi connectivity index (χ2n) is 5.56. The maximum atomic E-state index is 12.9. The molecule has 0 aliphatic rings. The van der Waals surface area contributed by atoms with Crippen LogP contribution in [0, 0.1) is 5.82 Å². The summed E-state index contributed by atoms with van der Waals surface area (Å²) in [5.41, 5.74) is 4.46. The molecule has 3 rings (SSSR count). The van der Waals surface area contributed by atoms with Gasteiger partial charge in [-0.3, -0.25) is 14.8 Å². The van der Waals surface area contributed by atoms with Gasteiger partial charge in [0.05, 0.1) is 0 Å². The van der Waals surface area contributed by atoms with Gasteiger partial charge < -0.3 is 5.32 Å². The number of benzene rings is 3. The molecule has 0 unspecified atom stereocenters. The molecule has 0 heterocycles. The van der Waals surface area contributed by atoms with E-state index in [4.69, 9.17) is 5.21 Å². The molecule has 3 aromatic carbocycles. The van der Waals surface area contributed by atoms with E-state index in [1.807, 2.05) is 6.07 Å². The van der Waals surface area contributed by atoms with E-state index in [9.17, 15) is 14.0 Å². The zero-order valence-electron chi connectivity index (χ0n) is 13.6. The van der Waals surface area contributed by atoms with Gasteiger partial charge in [0, 0.05) is 16.8 Å². The number of hydroxylamine groups is 1. The van der Waals surface area contributed by atoms with Crippen LogP contribution in [0.3, 0.4) is 0 Å². The Balaban J connectivity index is 1.80. The Morgan fingerprint density at radius 1 is 0.769 bits per heavy atom. The zero-order chi connectivity index (χ0) is 18.5. The maximum absolute atomic E-state index is 12.9. The van der Waals surface area contributed by atoms with Gasteiger partial charge in [-0.15, -0.1) is 0 Å². The van der Waals surface area contributed by atoms with E-state index in [1.54, 1.807) is 47.9 Å². The summed E-state index contributed by atoms with van der Waals surface area (Å²) in [6, 6.07) is 19.1. The number of anilines is 1. The average Bonchev–Trinajstić information content (AvgIpc) is 2.69. The summed E-state index contributed by atoms with van der Waals surface area (Å²) in [7, 11) is 0. The topological polar surface area (TPSA) is 78.4 Å². The van der Waals surface area contributed by atoms with Gasteiger partial charge >= 0.3 is 0 Å². The minimum atomic E-state index is -0.594. The second-order valence-corrected chi connectivity index (χ2v) is 5.56. The molecule has 130 valence electrons. The van der Waals surface area contributed by atoms with Gasteiger partial charge in [-0.25, -0.2) is 9.87 Å². The van der Waals surface area contributed by atoms with Crippen molar-refractivity contribution in [2.45, 2.75) is 0 Å². The van der Waals surface area contributed by atoms with Crippen LogP contribution < -0.4 is 10.8 Å². The summed E-state index contributed by atoms with van der Waals surface area (Å²) in [5, 5.41) is 11.4. The van der Waals surface area contributed by atoms with E-state index >= 15 is 0 Å². The van der Waals surface area contributed by atoms with Crippen LogP contribution in [0.5, 0.6) is 0 Å². The molecule has 0 radical (unpaired) electrons. The number of hydrogen-bond donors (Lipinski definition) is 3. The van der Waals surface area contributed by atoms with Crippen molar-refractivity contribution in [2.75, 3.05) is 5.32 Å². The minimum Gasteiger partial charge on any atom is -0.322 e. The fraction of sp³-hybridized carbons (Fsp3) is 0. The fourth-order valence-corrected chi connectivity index (χ4v) is 2.46. The molecule has 26 heavy (non-hydrogen) atoms. The molecule has 0 aliphatic heterocycles. The van der Waals surface area contributed by atoms with Gasteiger partial charge in [-0.2, -0.15) is 0 Å². The van der Waals surface area contributed by atoms with Crippen LogP contribution in [0.25, 0.3) is 11.1 Å². The number of amides is 2. The molecule has 0 bridgehead atoms. The summed E-state index contributed by atoms with van der Waals surface area (Å²) in [5.74, 6) is -1.28. The molecule has 3 aromatic rings. The van der Waals surface area contributed by atoms with Crippen molar-refractivity contribution >= 4 is 17.5 Å². The highest BCUT2D eigenvalue weighted by Gasteiger charge is 2.09. The Morgan fingerprint density at radius 2 is 1.46 bits per heavy atom. The zero-order valence-corrected chi connectivity index (χ0v) is 13.6. The van der Waals surface area contributed by atoms with Crippen LogP contribution >= 0.6 is 0 Å². The quantitative estimate of drug-likeness (QED) is 0.494. The van der Waals surface area contributed by atoms with Gasteiger partial charge in [0.15, 0.2) is 0 Å². The molecule has 0 fully saturated rings. The van der Waals surface area contributed by atoms with Gasteiger partial charge in [-0.05, 0) is 59.7 Å². The lowest BCUT2D eigenvalue weighted by Crippen LogP contribution is -2.18. The van der Waals surface area contributed by atoms with E-state index in [1.165, 1.54) is 24.3 Å². The van der Waals surface area contributed by atoms with Crippen molar-refractivity contribution in [1.29, 1.82) is 0 Å². The normalized spacial score (nSPS) is 10.2. The van der Waals surface area contributed by atoms with Gasteiger partial charge in [0.1, 0.15) is 5.82 Å². The highest BCUT2D eigenvalue weighted by atomic mass is 19.1. The average molecular weight is 350 g/mol. The molecule has 0 saturated heterocycles. The molecule has 2 amide bonds. The molecule has 0 atom stereocenters. The van der Waals surface area contributed by atoms with Crippen LogP contribution in [0.1, 0.15) is 20.7 Å². The summed E-state index contributed by atoms with van der Waals surface area (Å²) in [6.07, 6.45) is 0. The lowest BCUT2D eigenvalue weighted by Gasteiger charge is -2.08. The predicted molar refractivity (Wildman–Crippen MR) is 95.5 cm³/mol. The van der Waals surface area contributed by atoms with Crippen LogP contribution in [0.15, 0.2) is 72.8 Å². The highest BCUT2D eigenvalue weighted by Crippen LogP contribution is 2.22. The van der Waals surface area contributed by atoms with Crippen LogP contribution in [-0.2, 0) is 0 Å². The second kappa shape index (κ2) is 7.58. The molecular formula is C20H15FN2O3. The molecule has 0 spiro atoms. The number of halogens is 1. The molecular weight excluding hydrogens is 335 g/mol. The molecule has 5 nitrogen and oxygen atoms in total. The number of hydrogen-bond acceptors (Lipinski definition) is 3. The maximum Gasteiger partial charge on any atom is 0.274 e. The van der Waals surface area contributed by atoms with Gasteiger partial charge in [0.2, 0.25) is 0 Å². The molecule has 6 heteroatoms. The Labute approximate surface area is 149 Å². The number of carbonyl (C=O) groups excluding carboxylic acids is 2. The Kier molecular flexibility index (Phi) is 5.05. The largest absolute Gasteiger partial charge is 0.322 e. The van der Waals surface area contributed by atoms with Crippen LogP contribution in [-0.4, -0.2) is 17.0 Å². The fourth-order valence-electron chi connectivity index (χ4n) is 2.46. The monoisotopic (exact) mass is 350 g/mol. The van der Waals surface area contributed by atoms with E-state index in [0.29, 0.717) is 16.8 Å². The first-order valence-corrected chi connectivity index (χ1v) is 7.78. The van der Waals surface area contributed by atoms with Crippen LogP contribution in [0.4, 0.5) is 10.1 Å². The first kappa shape index (κ1) is 17.3. The van der Waals surface area contributed by atoms with E-state index in [0.717, 1.165) is 11.1 Å². The Hall–Kier alpha value is -3.51. The van der Waals surface area contributed by atoms with Crippen molar-refractivity contribution in [3.05, 3.63) is 89.7 Å². The lowest BCUT2D eigenvalue weighted by molar-refractivity contribution is 0.0706. The van der Waals surface area contributed by atoms with Crippen molar-refractivity contribution < 1.29 is 19.2 Å². The van der Waals surface area contributed by atoms with E-state index < -0.39 is 5.91 Å². The summed E-state index contributed by atoms with van der Waals surface area (Å²) in [4.78, 5) is 23.7. The van der Waals surface area contributed by atoms with Gasteiger partial charge in [0.25, 0.3) is 11.8 Å². The van der Waals surface area contributed by atoms with Crippen LogP contribution in [0.2, 0.25) is 0 Å². The minimum absolute atomic E-state index is 0.310. The van der Waals surface area contributed by atoms with Gasteiger partial charge in [-0.1, -0.05) is 24.3 Å². The lowest BCUT2D eigenvalue weighted by atomic mass is 10.0. The standard InChI is InChI=1S/C20H15FN2O3/c21-17-8-10-18(11-9-17)22-19(24)16-3-1-2-15(12-16)13-4-6-14(7-5-13)20(25)23-26/h1-12,26H,(H,22,24)(H,23,25). The molecule has 0 aromatic heterocycles. The van der Waals surface area contributed by atoms with Crippen molar-refractivity contribution in [3.8, 4) is 11.1 Å². The Morgan fingerprint density at radius 3 is 2.12 bits per heavy atom. The third-order valence-electron chi connectivity index (χ3n) is 3.81. The molecule has 0 saturated carbocycles. The first-order chi connectivity index (χ1) is 12.6.